The summed E-state index contributed by atoms with van der Waals surface area (Å²) in [6.45, 7) is 2.60. The van der Waals surface area contributed by atoms with Gasteiger partial charge in [0.1, 0.15) is 6.04 Å². The maximum absolute atomic E-state index is 13.1. The number of imide groups is 1. The molecule has 0 unspecified atom stereocenters. The first kappa shape index (κ1) is 21.9. The van der Waals surface area contributed by atoms with Gasteiger partial charge in [-0.15, -0.1) is 0 Å². The van der Waals surface area contributed by atoms with Gasteiger partial charge in [-0.05, 0) is 65.9 Å². The molecule has 1 atom stereocenters. The van der Waals surface area contributed by atoms with Gasteiger partial charge in [-0.3, -0.25) is 9.59 Å². The van der Waals surface area contributed by atoms with E-state index in [0.29, 0.717) is 24.2 Å². The molecule has 172 valence electrons. The smallest absolute Gasteiger partial charge is 0.322 e. The van der Waals surface area contributed by atoms with Crippen molar-refractivity contribution in [2.45, 2.75) is 45.2 Å². The van der Waals surface area contributed by atoms with Gasteiger partial charge in [-0.1, -0.05) is 49.7 Å². The molecule has 0 aromatic heterocycles. The van der Waals surface area contributed by atoms with Crippen molar-refractivity contribution in [2.24, 2.45) is 0 Å². The largest absolute Gasteiger partial charge is 0.332 e. The number of benzene rings is 3. The summed E-state index contributed by atoms with van der Waals surface area (Å²) in [5.74, 6) is -0.459. The highest BCUT2D eigenvalue weighted by atomic mass is 16.2. The molecule has 2 aliphatic heterocycles. The zero-order valence-electron chi connectivity index (χ0n) is 19.2. The average molecular weight is 454 g/mol. The number of rotatable bonds is 6. The van der Waals surface area contributed by atoms with E-state index >= 15 is 0 Å². The number of nitrogens with zero attached hydrogens (tertiary/aromatic N) is 2. The molecule has 0 bridgehead atoms. The molecule has 0 saturated carbocycles. The Morgan fingerprint density at radius 3 is 2.35 bits per heavy atom. The number of aryl methyl sites for hydroxylation is 1. The minimum Gasteiger partial charge on any atom is -0.322 e. The van der Waals surface area contributed by atoms with Crippen LogP contribution in [0.5, 0.6) is 0 Å². The molecule has 5 rings (SSSR count). The normalized spacial score (nSPS) is 16.9. The van der Waals surface area contributed by atoms with Gasteiger partial charge < -0.3 is 10.2 Å². The second-order valence-corrected chi connectivity index (χ2v) is 8.87. The molecule has 2 heterocycles. The van der Waals surface area contributed by atoms with E-state index in [1.807, 2.05) is 48.5 Å². The zero-order valence-corrected chi connectivity index (χ0v) is 19.2. The van der Waals surface area contributed by atoms with Gasteiger partial charge in [0, 0.05) is 24.2 Å². The van der Waals surface area contributed by atoms with Crippen LogP contribution in [-0.2, 0) is 24.2 Å². The Hall–Kier alpha value is -3.93. The van der Waals surface area contributed by atoms with Crippen molar-refractivity contribution in [3.05, 3.63) is 95.1 Å². The van der Waals surface area contributed by atoms with Gasteiger partial charge >= 0.3 is 6.03 Å². The number of anilines is 2. The van der Waals surface area contributed by atoms with Gasteiger partial charge in [-0.2, -0.15) is 0 Å². The monoisotopic (exact) mass is 453 g/mol. The topological polar surface area (TPSA) is 69.7 Å². The van der Waals surface area contributed by atoms with Crippen LogP contribution in [0.4, 0.5) is 16.2 Å². The molecule has 0 spiro atoms. The summed E-state index contributed by atoms with van der Waals surface area (Å²) in [7, 11) is 0. The van der Waals surface area contributed by atoms with Crippen LogP contribution < -0.4 is 10.2 Å². The molecule has 0 aliphatic carbocycles. The zero-order chi connectivity index (χ0) is 23.7. The number of amides is 4. The molecule has 6 nitrogen and oxygen atoms in total. The lowest BCUT2D eigenvalue weighted by atomic mass is 9.95. The SMILES string of the molecule is CCCCc1ccc(NC(=O)c2ccc(N3C(=O)[C@H]4Cc5ccccc5CN4C3=O)cc2)cc1. The molecule has 1 fully saturated rings. The molecular weight excluding hydrogens is 426 g/mol. The minimum atomic E-state index is -0.481. The lowest BCUT2D eigenvalue weighted by Crippen LogP contribution is -2.39. The van der Waals surface area contributed by atoms with E-state index in [4.69, 9.17) is 0 Å². The summed E-state index contributed by atoms with van der Waals surface area (Å²) >= 11 is 0. The van der Waals surface area contributed by atoms with Crippen molar-refractivity contribution in [3.63, 3.8) is 0 Å². The highest BCUT2D eigenvalue weighted by molar-refractivity contribution is 6.21. The van der Waals surface area contributed by atoms with Gasteiger partial charge in [0.15, 0.2) is 0 Å². The Balaban J connectivity index is 1.27. The number of urea groups is 1. The number of hydrogen-bond acceptors (Lipinski definition) is 3. The van der Waals surface area contributed by atoms with Crippen LogP contribution in [0.2, 0.25) is 0 Å². The number of carbonyl (C=O) groups excluding carboxylic acids is 3. The highest BCUT2D eigenvalue weighted by Crippen LogP contribution is 2.33. The highest BCUT2D eigenvalue weighted by Gasteiger charge is 2.47. The van der Waals surface area contributed by atoms with E-state index < -0.39 is 6.04 Å². The van der Waals surface area contributed by atoms with Crippen LogP contribution in [-0.4, -0.2) is 28.8 Å². The van der Waals surface area contributed by atoms with Crippen LogP contribution >= 0.6 is 0 Å². The predicted octanol–water partition coefficient (Wildman–Crippen LogP) is 5.18. The van der Waals surface area contributed by atoms with E-state index in [1.54, 1.807) is 29.2 Å². The number of unbranched alkanes of at least 4 members (excludes halogenated alkanes) is 1. The lowest BCUT2D eigenvalue weighted by Gasteiger charge is -2.28. The first-order valence-electron chi connectivity index (χ1n) is 11.8. The van der Waals surface area contributed by atoms with Crippen LogP contribution in [0.1, 0.15) is 46.8 Å². The maximum Gasteiger partial charge on any atom is 0.332 e. The van der Waals surface area contributed by atoms with Gasteiger partial charge in [0.25, 0.3) is 11.8 Å². The summed E-state index contributed by atoms with van der Waals surface area (Å²) in [5, 5.41) is 2.90. The van der Waals surface area contributed by atoms with Gasteiger partial charge in [0.05, 0.1) is 5.69 Å². The third-order valence-electron chi connectivity index (χ3n) is 6.61. The van der Waals surface area contributed by atoms with Gasteiger partial charge in [0.2, 0.25) is 0 Å². The fraction of sp³-hybridized carbons (Fsp3) is 0.250. The summed E-state index contributed by atoms with van der Waals surface area (Å²) in [4.78, 5) is 41.7. The molecule has 4 amide bonds. The molecule has 6 heteroatoms. The Morgan fingerprint density at radius 2 is 1.65 bits per heavy atom. The second kappa shape index (κ2) is 9.14. The molecule has 1 N–H and O–H groups in total. The number of carbonyl (C=O) groups is 3. The Bertz CT molecular complexity index is 1190. The number of fused-ring (bicyclic) bond motifs is 2. The first-order chi connectivity index (χ1) is 16.5. The second-order valence-electron chi connectivity index (χ2n) is 8.87. The summed E-state index contributed by atoms with van der Waals surface area (Å²) < 4.78 is 0. The van der Waals surface area contributed by atoms with Crippen molar-refractivity contribution in [3.8, 4) is 0 Å². The van der Waals surface area contributed by atoms with E-state index in [9.17, 15) is 14.4 Å². The van der Waals surface area contributed by atoms with E-state index in [0.717, 1.165) is 36.1 Å². The van der Waals surface area contributed by atoms with Crippen LogP contribution in [0.3, 0.4) is 0 Å². The molecule has 2 aliphatic rings. The fourth-order valence-corrected chi connectivity index (χ4v) is 4.65. The molecule has 1 saturated heterocycles. The Kier molecular flexibility index (Phi) is 5.88. The Labute approximate surface area is 199 Å². The van der Waals surface area contributed by atoms with Crippen molar-refractivity contribution in [1.82, 2.24) is 4.90 Å². The van der Waals surface area contributed by atoms with Crippen LogP contribution in [0.25, 0.3) is 0 Å². The Morgan fingerprint density at radius 1 is 0.941 bits per heavy atom. The fourth-order valence-electron chi connectivity index (χ4n) is 4.65. The van der Waals surface area contributed by atoms with E-state index in [2.05, 4.69) is 12.2 Å². The first-order valence-corrected chi connectivity index (χ1v) is 11.8. The maximum atomic E-state index is 13.1. The van der Waals surface area contributed by atoms with E-state index in [-0.39, 0.29) is 17.8 Å². The molecule has 3 aromatic rings. The predicted molar refractivity (Wildman–Crippen MR) is 132 cm³/mol. The number of nitrogens with one attached hydrogen (secondary N) is 1. The van der Waals surface area contributed by atoms with Crippen molar-refractivity contribution in [1.29, 1.82) is 0 Å². The summed E-state index contributed by atoms with van der Waals surface area (Å²) in [6.07, 6.45) is 3.85. The number of hydrogen-bond donors (Lipinski definition) is 1. The summed E-state index contributed by atoms with van der Waals surface area (Å²) in [6, 6.07) is 21.6. The van der Waals surface area contributed by atoms with E-state index in [1.165, 1.54) is 10.5 Å². The third kappa shape index (κ3) is 4.07. The van der Waals surface area contributed by atoms with Crippen molar-refractivity contribution in [2.75, 3.05) is 10.2 Å². The quantitative estimate of drug-likeness (QED) is 0.523. The van der Waals surface area contributed by atoms with Crippen molar-refractivity contribution < 1.29 is 14.4 Å². The van der Waals surface area contributed by atoms with Crippen LogP contribution in [0.15, 0.2) is 72.8 Å². The summed E-state index contributed by atoms with van der Waals surface area (Å²) in [5.41, 5.74) is 5.11. The van der Waals surface area contributed by atoms with Gasteiger partial charge in [-0.25, -0.2) is 9.69 Å². The lowest BCUT2D eigenvalue weighted by molar-refractivity contribution is -0.120. The molecule has 34 heavy (non-hydrogen) atoms. The average Bonchev–Trinajstić information content (AvgIpc) is 3.11. The standard InChI is InChI=1S/C28H27N3O3/c1-2-3-6-19-9-13-23(14-10-19)29-26(32)20-11-15-24(16-12-20)31-27(33)25-17-21-7-4-5-8-22(21)18-30(25)28(31)34/h4-5,7-16,25H,2-3,6,17-18H2,1H3,(H,29,32)/t25-/m1/s1. The molecule has 3 aromatic carbocycles. The molecule has 0 radical (unpaired) electrons. The molecular formula is C28H27N3O3. The van der Waals surface area contributed by atoms with Crippen LogP contribution in [0, 0.1) is 0 Å². The third-order valence-corrected chi connectivity index (χ3v) is 6.61. The van der Waals surface area contributed by atoms with Crippen molar-refractivity contribution >= 4 is 29.2 Å². The minimum absolute atomic E-state index is 0.222.